The minimum Gasteiger partial charge on any atom is -0.748 e. The molecule has 7 heteroatoms. The highest BCUT2D eigenvalue weighted by Gasteiger charge is 2.46. The molecule has 5 aromatic rings. The van der Waals surface area contributed by atoms with Gasteiger partial charge in [0.2, 0.25) is 0 Å². The highest BCUT2D eigenvalue weighted by Crippen LogP contribution is 2.58. The average Bonchev–Trinajstić information content (AvgIpc) is 3.26. The molecule has 0 unspecified atom stereocenters. The number of aromatic amines is 1. The van der Waals surface area contributed by atoms with Crippen LogP contribution in [0.3, 0.4) is 0 Å². The molecule has 0 aliphatic rings. The van der Waals surface area contributed by atoms with Crippen LogP contribution in [0.5, 0.6) is 0 Å². The maximum Gasteiger partial charge on any atom is 0.118 e. The van der Waals surface area contributed by atoms with Crippen molar-refractivity contribution in [2.45, 2.75) is 6.16 Å². The van der Waals surface area contributed by atoms with E-state index in [1.54, 1.807) is 0 Å². The van der Waals surface area contributed by atoms with Crippen LogP contribution in [0.2, 0.25) is 0 Å². The monoisotopic (exact) mass is 488 g/mol. The third-order valence-electron chi connectivity index (χ3n) is 5.53. The Labute approximate surface area is 200 Å². The maximum atomic E-state index is 9.08. The third-order valence-corrected chi connectivity index (χ3v) is 9.86. The highest BCUT2D eigenvalue weighted by molar-refractivity contribution is 7.95. The van der Waals surface area contributed by atoms with Crippen LogP contribution < -0.4 is 15.9 Å². The smallest absolute Gasteiger partial charge is 0.118 e. The molecule has 0 atom stereocenters. The number of fused-ring (bicyclic) bond motifs is 1. The summed E-state index contributed by atoms with van der Waals surface area (Å²) in [6.07, 6.45) is 1.51. The van der Waals surface area contributed by atoms with Crippen LogP contribution in [0.1, 0.15) is 5.69 Å². The van der Waals surface area contributed by atoms with Crippen molar-refractivity contribution in [2.24, 2.45) is 0 Å². The van der Waals surface area contributed by atoms with Crippen molar-refractivity contribution in [1.82, 2.24) is 10.2 Å². The third kappa shape index (κ3) is 5.42. The first kappa shape index (κ1) is 23.8. The zero-order valence-corrected chi connectivity index (χ0v) is 20.4. The number of nitrogens with one attached hydrogen (secondary N) is 1. The number of hydrogen-bond acceptors (Lipinski definition) is 4. The Morgan fingerprint density at radius 2 is 1.09 bits per heavy atom. The summed E-state index contributed by atoms with van der Waals surface area (Å²) < 4.78 is 27.2. The second-order valence-electron chi connectivity index (χ2n) is 7.90. The second kappa shape index (κ2) is 10.3. The lowest BCUT2D eigenvalue weighted by molar-refractivity contribution is 0.470. The lowest BCUT2D eigenvalue weighted by Gasteiger charge is -2.27. The summed E-state index contributed by atoms with van der Waals surface area (Å²) in [6, 6.07) is 41.3. The molecule has 1 N–H and O–H groups in total. The van der Waals surface area contributed by atoms with Gasteiger partial charge < -0.3 is 4.55 Å². The van der Waals surface area contributed by atoms with Gasteiger partial charge in [0.05, 0.1) is 21.3 Å². The number of benzene rings is 4. The zero-order valence-electron chi connectivity index (χ0n) is 18.7. The lowest BCUT2D eigenvalue weighted by Crippen LogP contribution is -2.32. The molecular weight excluding hydrogens is 463 g/mol. The van der Waals surface area contributed by atoms with E-state index in [2.05, 4.69) is 119 Å². The summed E-state index contributed by atoms with van der Waals surface area (Å²) in [6.45, 7) is 0. The van der Waals surface area contributed by atoms with Crippen LogP contribution in [0.15, 0.2) is 115 Å². The minimum absolute atomic E-state index is 0.604. The highest BCUT2D eigenvalue weighted by atomic mass is 32.2. The molecule has 4 aromatic carbocycles. The van der Waals surface area contributed by atoms with Gasteiger partial charge in [0.15, 0.2) is 0 Å². The van der Waals surface area contributed by atoms with Crippen LogP contribution in [0.4, 0.5) is 0 Å². The second-order valence-corrected chi connectivity index (χ2v) is 12.8. The maximum absolute atomic E-state index is 9.08. The van der Waals surface area contributed by atoms with Crippen LogP contribution >= 0.6 is 7.26 Å². The van der Waals surface area contributed by atoms with Gasteiger partial charge in [-0.05, 0) is 42.5 Å². The molecule has 0 radical (unpaired) electrons. The molecule has 0 saturated carbocycles. The van der Waals surface area contributed by atoms with Crippen LogP contribution in [-0.2, 0) is 16.3 Å². The molecule has 0 amide bonds. The largest absolute Gasteiger partial charge is 0.748 e. The van der Waals surface area contributed by atoms with Crippen molar-refractivity contribution >= 4 is 44.2 Å². The van der Waals surface area contributed by atoms with Gasteiger partial charge in [-0.2, -0.15) is 5.10 Å². The van der Waals surface area contributed by atoms with Gasteiger partial charge >= 0.3 is 0 Å². The standard InChI is InChI=1S/C26H22N2P.CH4O3S/c1-4-12-21(13-5-1)29(22-14-6-2-7-15-22,23-16-8-3-9-17-23)20-26-24-18-10-11-19-25(24)27-28-26;1-5(2,3)4/h1-19H,20H2,(H,27,28);1H3,(H,2,3,4)/q+1;/p-1. The van der Waals surface area contributed by atoms with E-state index in [1.807, 2.05) is 6.07 Å². The van der Waals surface area contributed by atoms with Gasteiger partial charge in [-0.25, -0.2) is 8.42 Å². The molecule has 0 aliphatic heterocycles. The molecule has 172 valence electrons. The zero-order chi connectivity index (χ0) is 24.0. The average molecular weight is 489 g/mol. The fourth-order valence-electron chi connectivity index (χ4n) is 4.14. The van der Waals surface area contributed by atoms with E-state index < -0.39 is 17.4 Å². The Hall–Kier alpha value is -3.31. The Kier molecular flexibility index (Phi) is 7.23. The molecular formula is C27H25N2O3PS. The first-order chi connectivity index (χ1) is 16.4. The molecule has 34 heavy (non-hydrogen) atoms. The summed E-state index contributed by atoms with van der Waals surface area (Å²) in [4.78, 5) is 0. The predicted molar refractivity (Wildman–Crippen MR) is 141 cm³/mol. The van der Waals surface area contributed by atoms with E-state index in [0.717, 1.165) is 11.7 Å². The fraction of sp³-hybridized carbons (Fsp3) is 0.0741. The normalized spacial score (nSPS) is 11.6. The van der Waals surface area contributed by atoms with E-state index in [-0.39, 0.29) is 0 Å². The van der Waals surface area contributed by atoms with Crippen molar-refractivity contribution < 1.29 is 13.0 Å². The molecule has 0 saturated heterocycles. The van der Waals surface area contributed by atoms with Crippen molar-refractivity contribution in [3.8, 4) is 0 Å². The SMILES string of the molecule is CS(=O)(=O)[O-].c1ccc([P+](Cc2[nH]nc3ccccc23)(c2ccccc2)c2ccccc2)cc1. The predicted octanol–water partition coefficient (Wildman–Crippen LogP) is 4.22. The van der Waals surface area contributed by atoms with Crippen LogP contribution in [-0.4, -0.2) is 29.4 Å². The Bertz CT molecular complexity index is 1350. The number of para-hydroxylation sites is 1. The Morgan fingerprint density at radius 1 is 0.706 bits per heavy atom. The summed E-state index contributed by atoms with van der Waals surface area (Å²) in [5.41, 5.74) is 2.22. The van der Waals surface area contributed by atoms with Crippen molar-refractivity contribution in [3.63, 3.8) is 0 Å². The molecule has 5 rings (SSSR count). The van der Waals surface area contributed by atoms with Crippen molar-refractivity contribution in [2.75, 3.05) is 6.26 Å². The van der Waals surface area contributed by atoms with Crippen LogP contribution in [0, 0.1) is 0 Å². The van der Waals surface area contributed by atoms with E-state index in [1.165, 1.54) is 27.0 Å². The molecule has 0 fully saturated rings. The van der Waals surface area contributed by atoms with Crippen molar-refractivity contribution in [3.05, 3.63) is 121 Å². The van der Waals surface area contributed by atoms with E-state index >= 15 is 0 Å². The first-order valence-electron chi connectivity index (χ1n) is 10.8. The molecule has 5 nitrogen and oxygen atoms in total. The van der Waals surface area contributed by atoms with Crippen LogP contribution in [0.25, 0.3) is 10.9 Å². The number of aromatic nitrogens is 2. The molecule has 0 bridgehead atoms. The Morgan fingerprint density at radius 3 is 1.53 bits per heavy atom. The first-order valence-corrected chi connectivity index (χ1v) is 14.5. The summed E-state index contributed by atoms with van der Waals surface area (Å²) in [7, 11) is -5.83. The number of hydrogen-bond donors (Lipinski definition) is 1. The van der Waals surface area contributed by atoms with Crippen molar-refractivity contribution in [1.29, 1.82) is 0 Å². The van der Waals surface area contributed by atoms with Gasteiger partial charge in [-0.3, -0.25) is 5.10 Å². The number of rotatable bonds is 5. The number of nitrogens with zero attached hydrogens (tertiary/aromatic N) is 1. The van der Waals surface area contributed by atoms with Gasteiger partial charge in [-0.1, -0.05) is 72.8 Å². The lowest BCUT2D eigenvalue weighted by atomic mass is 10.2. The van der Waals surface area contributed by atoms with Gasteiger partial charge in [0.1, 0.15) is 29.3 Å². The summed E-state index contributed by atoms with van der Waals surface area (Å²) in [5.74, 6) is 0. The van der Waals surface area contributed by atoms with E-state index in [0.29, 0.717) is 6.26 Å². The quantitative estimate of drug-likeness (QED) is 0.297. The van der Waals surface area contributed by atoms with Gasteiger partial charge in [0.25, 0.3) is 0 Å². The summed E-state index contributed by atoms with van der Waals surface area (Å²) >= 11 is 0. The summed E-state index contributed by atoms with van der Waals surface area (Å²) in [5, 5.41) is 13.3. The number of H-pyrrole nitrogens is 1. The van der Waals surface area contributed by atoms with Gasteiger partial charge in [0, 0.05) is 11.6 Å². The van der Waals surface area contributed by atoms with E-state index in [9.17, 15) is 0 Å². The minimum atomic E-state index is -3.92. The molecule has 0 spiro atoms. The fourth-order valence-corrected chi connectivity index (χ4v) is 8.34. The Balaban J connectivity index is 0.000000499. The molecule has 0 aliphatic carbocycles. The molecule has 1 heterocycles. The van der Waals surface area contributed by atoms with E-state index in [4.69, 9.17) is 13.0 Å². The molecule has 1 aromatic heterocycles. The topological polar surface area (TPSA) is 85.9 Å². The van der Waals surface area contributed by atoms with Gasteiger partial charge in [-0.15, -0.1) is 0 Å².